The first-order chi connectivity index (χ1) is 15.0. The molecule has 0 bridgehead atoms. The van der Waals surface area contributed by atoms with Crippen LogP contribution < -0.4 is 5.32 Å². The van der Waals surface area contributed by atoms with Gasteiger partial charge < -0.3 is 19.9 Å². The van der Waals surface area contributed by atoms with E-state index in [-0.39, 0.29) is 23.7 Å². The average Bonchev–Trinajstić information content (AvgIpc) is 3.06. The zero-order valence-corrected chi connectivity index (χ0v) is 17.9. The van der Waals surface area contributed by atoms with E-state index in [0.717, 1.165) is 43.7 Å². The molecule has 1 spiro atoms. The van der Waals surface area contributed by atoms with Gasteiger partial charge in [-0.25, -0.2) is 4.79 Å². The van der Waals surface area contributed by atoms with E-state index in [2.05, 4.69) is 5.32 Å². The maximum Gasteiger partial charge on any atom is 0.338 e. The van der Waals surface area contributed by atoms with Crippen molar-refractivity contribution in [1.82, 2.24) is 15.1 Å². The molecule has 1 aromatic heterocycles. The maximum atomic E-state index is 12.8. The molecule has 166 valence electrons. The van der Waals surface area contributed by atoms with Crippen molar-refractivity contribution in [3.63, 3.8) is 0 Å². The van der Waals surface area contributed by atoms with Crippen LogP contribution in [-0.2, 0) is 28.9 Å². The van der Waals surface area contributed by atoms with E-state index in [9.17, 15) is 14.7 Å². The predicted octanol–water partition coefficient (Wildman–Crippen LogP) is 2.48. The number of carbonyl (C=O) groups excluding carboxylic acids is 2. The summed E-state index contributed by atoms with van der Waals surface area (Å²) in [6.45, 7) is 4.97. The molecule has 0 radical (unpaired) electrons. The second-order valence-electron chi connectivity index (χ2n) is 8.35. The van der Waals surface area contributed by atoms with E-state index in [1.54, 1.807) is 4.68 Å². The van der Waals surface area contributed by atoms with Crippen LogP contribution in [0.2, 0.25) is 0 Å². The number of fused-ring (bicyclic) bond motifs is 1. The van der Waals surface area contributed by atoms with Crippen LogP contribution in [0.15, 0.2) is 24.3 Å². The minimum absolute atomic E-state index is 0.0147. The second-order valence-corrected chi connectivity index (χ2v) is 8.35. The minimum atomic E-state index is -0.418. The zero-order valence-electron chi connectivity index (χ0n) is 17.9. The molecule has 1 saturated heterocycles. The average molecular weight is 428 g/mol. The van der Waals surface area contributed by atoms with Gasteiger partial charge in [-0.2, -0.15) is 5.10 Å². The number of phenols is 1. The number of aryl methyl sites for hydroxylation is 2. The number of hydrogen-bond acceptors (Lipinski definition) is 6. The number of aromatic nitrogens is 2. The highest BCUT2D eigenvalue weighted by Crippen LogP contribution is 2.37. The first kappa shape index (κ1) is 21.4. The van der Waals surface area contributed by atoms with Gasteiger partial charge in [-0.1, -0.05) is 0 Å². The van der Waals surface area contributed by atoms with Gasteiger partial charge in [0.25, 0.3) is 5.91 Å². The van der Waals surface area contributed by atoms with Gasteiger partial charge in [0.15, 0.2) is 0 Å². The van der Waals surface area contributed by atoms with Crippen molar-refractivity contribution in [3.05, 3.63) is 46.8 Å². The number of rotatable bonds is 6. The van der Waals surface area contributed by atoms with Gasteiger partial charge in [0, 0.05) is 31.9 Å². The summed E-state index contributed by atoms with van der Waals surface area (Å²) in [5, 5.41) is 17.2. The van der Waals surface area contributed by atoms with Crippen LogP contribution >= 0.6 is 0 Å². The molecule has 2 aliphatic rings. The quantitative estimate of drug-likeness (QED) is 0.542. The Morgan fingerprint density at radius 3 is 2.74 bits per heavy atom. The van der Waals surface area contributed by atoms with Gasteiger partial charge in [0.05, 0.1) is 17.9 Å². The molecule has 8 nitrogen and oxygen atoms in total. The number of aromatic hydroxyl groups is 1. The lowest BCUT2D eigenvalue weighted by Crippen LogP contribution is -2.40. The largest absolute Gasteiger partial charge is 0.508 e. The number of nitrogens with zero attached hydrogens (tertiary/aromatic N) is 2. The summed E-state index contributed by atoms with van der Waals surface area (Å²) < 4.78 is 12.7. The first-order valence-electron chi connectivity index (χ1n) is 10.9. The van der Waals surface area contributed by atoms with Gasteiger partial charge >= 0.3 is 5.97 Å². The summed E-state index contributed by atoms with van der Waals surface area (Å²) in [6, 6.07) is 5.99. The number of ether oxygens (including phenoxy) is 2. The standard InChI is InChI=1S/C23H29N3O5/c1-2-26-20-18(14-23(15-24-21(20)28)9-12-30-13-10-23)19(25-26)4-3-11-31-22(29)16-5-7-17(27)8-6-16/h5-8,27H,2-4,9-15H2,1H3,(H,24,28). The van der Waals surface area contributed by atoms with Crippen LogP contribution in [0.4, 0.5) is 0 Å². The molecule has 0 atom stereocenters. The summed E-state index contributed by atoms with van der Waals surface area (Å²) in [4.78, 5) is 25.0. The number of amides is 1. The fraction of sp³-hybridized carbons (Fsp3) is 0.522. The predicted molar refractivity (Wildman–Crippen MR) is 113 cm³/mol. The molecule has 2 aliphatic heterocycles. The Bertz CT molecular complexity index is 945. The molecule has 0 saturated carbocycles. The number of hydrogen-bond donors (Lipinski definition) is 2. The van der Waals surface area contributed by atoms with Gasteiger partial charge in [-0.15, -0.1) is 0 Å². The van der Waals surface area contributed by atoms with E-state index >= 15 is 0 Å². The molecule has 2 aromatic rings. The molecule has 1 aromatic carbocycles. The van der Waals surface area contributed by atoms with Crippen LogP contribution in [0.1, 0.15) is 58.3 Å². The van der Waals surface area contributed by atoms with Gasteiger partial charge in [-0.05, 0) is 68.7 Å². The Hall–Kier alpha value is -2.87. The van der Waals surface area contributed by atoms with Crippen molar-refractivity contribution >= 4 is 11.9 Å². The third-order valence-electron chi connectivity index (χ3n) is 6.27. The van der Waals surface area contributed by atoms with Crippen molar-refractivity contribution in [3.8, 4) is 5.75 Å². The lowest BCUT2D eigenvalue weighted by molar-refractivity contribution is 0.0160. The van der Waals surface area contributed by atoms with Crippen LogP contribution in [0.3, 0.4) is 0 Å². The molecule has 1 amide bonds. The van der Waals surface area contributed by atoms with Crippen molar-refractivity contribution in [1.29, 1.82) is 0 Å². The molecular weight excluding hydrogens is 398 g/mol. The molecule has 4 rings (SSSR count). The van der Waals surface area contributed by atoms with Gasteiger partial charge in [0.1, 0.15) is 11.4 Å². The highest BCUT2D eigenvalue weighted by molar-refractivity contribution is 5.94. The fourth-order valence-corrected chi connectivity index (χ4v) is 4.45. The normalized spacial score (nSPS) is 17.6. The van der Waals surface area contributed by atoms with E-state index in [1.807, 2.05) is 6.92 Å². The van der Waals surface area contributed by atoms with Gasteiger partial charge in [0.2, 0.25) is 0 Å². The second kappa shape index (κ2) is 9.09. The molecule has 1 fully saturated rings. The Morgan fingerprint density at radius 1 is 1.29 bits per heavy atom. The smallest absolute Gasteiger partial charge is 0.338 e. The SMILES string of the molecule is CCn1nc(CCCOC(=O)c2ccc(O)cc2)c2c1C(=O)NCC1(CCOCC1)C2. The highest BCUT2D eigenvalue weighted by atomic mass is 16.5. The molecular formula is C23H29N3O5. The number of benzene rings is 1. The van der Waals surface area contributed by atoms with Crippen molar-refractivity contribution in [2.45, 2.75) is 45.6 Å². The van der Waals surface area contributed by atoms with Crippen molar-refractivity contribution in [2.75, 3.05) is 26.4 Å². The molecule has 3 heterocycles. The third-order valence-corrected chi connectivity index (χ3v) is 6.27. The number of esters is 1. The van der Waals surface area contributed by atoms with E-state index in [0.29, 0.717) is 37.2 Å². The molecule has 8 heteroatoms. The summed E-state index contributed by atoms with van der Waals surface area (Å²) in [6.07, 6.45) is 3.92. The molecule has 2 N–H and O–H groups in total. The number of phenolic OH excluding ortho intramolecular Hbond substituents is 1. The van der Waals surface area contributed by atoms with E-state index in [4.69, 9.17) is 14.6 Å². The summed E-state index contributed by atoms with van der Waals surface area (Å²) >= 11 is 0. The van der Waals surface area contributed by atoms with Crippen molar-refractivity contribution < 1.29 is 24.2 Å². The molecule has 31 heavy (non-hydrogen) atoms. The van der Waals surface area contributed by atoms with Crippen LogP contribution in [0.25, 0.3) is 0 Å². The summed E-state index contributed by atoms with van der Waals surface area (Å²) in [5.41, 5.74) is 3.03. The van der Waals surface area contributed by atoms with Crippen LogP contribution in [-0.4, -0.2) is 53.1 Å². The molecule has 0 aliphatic carbocycles. The minimum Gasteiger partial charge on any atom is -0.508 e. The fourth-order valence-electron chi connectivity index (χ4n) is 4.45. The third kappa shape index (κ3) is 4.58. The first-order valence-corrected chi connectivity index (χ1v) is 10.9. The Kier molecular flexibility index (Phi) is 6.27. The van der Waals surface area contributed by atoms with Crippen molar-refractivity contribution in [2.24, 2.45) is 5.41 Å². The maximum absolute atomic E-state index is 12.8. The highest BCUT2D eigenvalue weighted by Gasteiger charge is 2.39. The Balaban J connectivity index is 1.44. The summed E-state index contributed by atoms with van der Waals surface area (Å²) in [7, 11) is 0. The number of carbonyl (C=O) groups is 2. The monoisotopic (exact) mass is 427 g/mol. The zero-order chi connectivity index (χ0) is 21.8. The van der Waals surface area contributed by atoms with Crippen LogP contribution in [0, 0.1) is 5.41 Å². The molecule has 0 unspecified atom stereocenters. The van der Waals surface area contributed by atoms with Crippen LogP contribution in [0.5, 0.6) is 5.75 Å². The summed E-state index contributed by atoms with van der Waals surface area (Å²) in [5.74, 6) is -0.369. The lowest BCUT2D eigenvalue weighted by atomic mass is 9.75. The van der Waals surface area contributed by atoms with E-state index in [1.165, 1.54) is 24.3 Å². The van der Waals surface area contributed by atoms with E-state index < -0.39 is 5.97 Å². The topological polar surface area (TPSA) is 103 Å². The Morgan fingerprint density at radius 2 is 2.03 bits per heavy atom. The number of nitrogens with one attached hydrogen (secondary N) is 1. The lowest BCUT2D eigenvalue weighted by Gasteiger charge is -2.36. The Labute approximate surface area is 181 Å². The van der Waals surface area contributed by atoms with Gasteiger partial charge in [-0.3, -0.25) is 9.48 Å².